The number of carboxylic acid groups (broad SMARTS) is 3. The lowest BCUT2D eigenvalue weighted by atomic mass is 9.95. The molecule has 0 saturated heterocycles. The van der Waals surface area contributed by atoms with Crippen molar-refractivity contribution in [1.29, 1.82) is 0 Å². The van der Waals surface area contributed by atoms with E-state index in [-0.39, 0.29) is 95.2 Å². The summed E-state index contributed by atoms with van der Waals surface area (Å²) < 4.78 is 76.1. The van der Waals surface area contributed by atoms with Crippen LogP contribution in [-0.4, -0.2) is 99.3 Å². The Balaban J connectivity index is 0.000000672. The molecule has 0 unspecified atom stereocenters. The summed E-state index contributed by atoms with van der Waals surface area (Å²) in [6.45, 7) is 29.7. The summed E-state index contributed by atoms with van der Waals surface area (Å²) in [5.74, 6) is -5.25. The molecule has 3 aromatic heterocycles. The summed E-state index contributed by atoms with van der Waals surface area (Å²) in [4.78, 5) is 146. The number of amides is 6. The molecule has 0 aliphatic carbocycles. The second-order valence-electron chi connectivity index (χ2n) is 28.9. The Hall–Kier alpha value is -9.14. The number of alkyl halides is 6. The number of benzene rings is 3. The van der Waals surface area contributed by atoms with Gasteiger partial charge in [-0.05, 0) is 139 Å². The lowest BCUT2D eigenvalue weighted by Gasteiger charge is -2.17. The smallest absolute Gasteiger partial charge is 0.337 e. The molecule has 0 saturated carbocycles. The maximum atomic E-state index is 12.6. The third-order valence-corrected chi connectivity index (χ3v) is 16.4. The summed E-state index contributed by atoms with van der Waals surface area (Å²) >= 11 is 30.9. The third kappa shape index (κ3) is 36.1. The Morgan fingerprint density at radius 3 is 0.857 bits per heavy atom. The first-order valence-electron chi connectivity index (χ1n) is 33.6. The van der Waals surface area contributed by atoms with Crippen LogP contribution in [0.3, 0.4) is 0 Å². The van der Waals surface area contributed by atoms with Crippen LogP contribution in [0.1, 0.15) is 243 Å². The molecule has 36 heteroatoms. The average Bonchev–Trinajstić information content (AvgIpc) is 0.861. The zero-order chi connectivity index (χ0) is 86.4. The molecule has 3 heterocycles. The van der Waals surface area contributed by atoms with E-state index in [0.29, 0.717) is 50.4 Å². The number of nitrogens with one attached hydrogen (secondary N) is 6. The molecule has 112 heavy (non-hydrogen) atoms. The largest absolute Gasteiger partial charge is 0.478 e. The molecule has 9 N–H and O–H groups in total. The van der Waals surface area contributed by atoms with E-state index in [0.717, 1.165) is 35.7 Å². The standard InChI is InChI=1S/C13H15BrClNO2.C13H15Cl2NO2.C13H16ClNO3.C13H16F2N2O3.C12H13ClF2N2O2.C12H14F2N2O3/c2*1-13(2,3)12(18)16-7-8-4-5-10(14)9(6-8)11(15)17;1-13(2,3)12(18)15-7-8-4-5-10(14)9(6-8)11(16)17;1-13(2,3)12(20)17-6-7-4-8(11(18)19)9(10(14)15)16-5-7;1-6(2)12(19)17-5-7-3-8(10(13)18)9(11(14)15)16-4-7;1-6(2)11(17)16-5-7-3-8(12(18)19)9(10(13)14)15-4-7/h2*4-6H,7H2,1-3H3,(H,16,18);4-6H,7H2,1-3H3,(H,15,18)(H,16,17);4-5,10H,6H2,1-3H3,(H,17,20)(H,18,19);3-4,6,11H,5H2,1-2H3,(H,17,19);3-4,6,10H,5H2,1-2H3,(H,16,17)(H,18,19). The molecular formula is C76H89BrCl5F6N9O15. The summed E-state index contributed by atoms with van der Waals surface area (Å²) in [6.07, 6.45) is -5.33. The van der Waals surface area contributed by atoms with Crippen molar-refractivity contribution in [2.45, 2.75) is 169 Å². The van der Waals surface area contributed by atoms with Crippen molar-refractivity contribution < 1.29 is 99.2 Å². The summed E-state index contributed by atoms with van der Waals surface area (Å²) in [5.41, 5.74) is -1.43. The third-order valence-electron chi connectivity index (χ3n) is 14.5. The number of carboxylic acids is 3. The van der Waals surface area contributed by atoms with Gasteiger partial charge >= 0.3 is 17.9 Å². The van der Waals surface area contributed by atoms with Crippen LogP contribution >= 0.6 is 73.9 Å². The van der Waals surface area contributed by atoms with Crippen LogP contribution in [-0.2, 0) is 68.0 Å². The summed E-state index contributed by atoms with van der Waals surface area (Å²) in [7, 11) is 0. The molecule has 612 valence electrons. The predicted octanol–water partition coefficient (Wildman–Crippen LogP) is 16.6. The zero-order valence-corrected chi connectivity index (χ0v) is 69.3. The summed E-state index contributed by atoms with van der Waals surface area (Å²) in [5, 5.41) is 41.1. The van der Waals surface area contributed by atoms with Crippen LogP contribution in [0, 0.1) is 33.5 Å². The Labute approximate surface area is 677 Å². The predicted molar refractivity (Wildman–Crippen MR) is 415 cm³/mol. The molecule has 0 atom stereocenters. The SMILES string of the molecule is CC(C)(C)C(=O)NCc1ccc(Br)c(C(=O)Cl)c1.CC(C)(C)C(=O)NCc1ccc(Cl)c(C(=O)Cl)c1.CC(C)(C)C(=O)NCc1ccc(Cl)c(C(=O)O)c1.CC(C)(C)C(=O)NCc1cnc(C(F)F)c(C(=O)O)c1.CC(C)C(=O)NCc1cnc(C(F)F)c(C(=O)Cl)c1.CC(C)C(=O)NCc1cnc(C(F)F)c(C(=O)O)c1. The van der Waals surface area contributed by atoms with Crippen LogP contribution in [0.25, 0.3) is 0 Å². The van der Waals surface area contributed by atoms with Gasteiger partial charge in [-0.3, -0.25) is 58.1 Å². The highest BCUT2D eigenvalue weighted by Crippen LogP contribution is 2.28. The first-order valence-corrected chi connectivity index (χ1v) is 36.2. The van der Waals surface area contributed by atoms with Crippen molar-refractivity contribution in [2.24, 2.45) is 33.5 Å². The van der Waals surface area contributed by atoms with Crippen molar-refractivity contribution in [3.05, 3.63) is 190 Å². The van der Waals surface area contributed by atoms with Gasteiger partial charge < -0.3 is 47.2 Å². The molecular weight excluding hydrogens is 1650 g/mol. The van der Waals surface area contributed by atoms with E-state index in [2.05, 4.69) is 62.8 Å². The Kier molecular flexibility index (Phi) is 41.6. The fourth-order valence-electron chi connectivity index (χ4n) is 7.96. The number of hydrogen-bond acceptors (Lipinski definition) is 15. The van der Waals surface area contributed by atoms with Crippen molar-refractivity contribution >= 4 is 143 Å². The van der Waals surface area contributed by atoms with Crippen LogP contribution in [0.4, 0.5) is 26.3 Å². The first kappa shape index (κ1) is 101. The van der Waals surface area contributed by atoms with Crippen molar-refractivity contribution in [3.63, 3.8) is 0 Å². The topological polar surface area (TPSA) is 376 Å². The molecule has 6 aromatic rings. The lowest BCUT2D eigenvalue weighted by molar-refractivity contribution is -0.129. The number of rotatable bonds is 23. The Bertz CT molecular complexity index is 4060. The average molecular weight is 1740 g/mol. The maximum Gasteiger partial charge on any atom is 0.337 e. The Morgan fingerprint density at radius 2 is 0.589 bits per heavy atom. The molecule has 0 aliphatic rings. The highest BCUT2D eigenvalue weighted by molar-refractivity contribution is 9.10. The second-order valence-corrected chi connectivity index (χ2v) is 31.6. The number of aromatic carboxylic acids is 3. The lowest BCUT2D eigenvalue weighted by Crippen LogP contribution is -2.34. The van der Waals surface area contributed by atoms with Gasteiger partial charge in [0.25, 0.3) is 35.0 Å². The van der Waals surface area contributed by atoms with Crippen LogP contribution < -0.4 is 31.9 Å². The van der Waals surface area contributed by atoms with Gasteiger partial charge in [-0.15, -0.1) is 0 Å². The van der Waals surface area contributed by atoms with E-state index in [9.17, 15) is 83.9 Å². The number of aromatic nitrogens is 3. The highest BCUT2D eigenvalue weighted by atomic mass is 79.9. The van der Waals surface area contributed by atoms with Gasteiger partial charge in [-0.2, -0.15) is 0 Å². The van der Waals surface area contributed by atoms with E-state index in [4.69, 9.17) is 73.3 Å². The minimum absolute atomic E-state index is 0.0346. The minimum atomic E-state index is -2.96. The van der Waals surface area contributed by atoms with Gasteiger partial charge in [0.05, 0.1) is 37.9 Å². The van der Waals surface area contributed by atoms with Crippen molar-refractivity contribution in [1.82, 2.24) is 46.9 Å². The van der Waals surface area contributed by atoms with E-state index >= 15 is 0 Å². The number of pyridine rings is 3. The van der Waals surface area contributed by atoms with Gasteiger partial charge in [0.1, 0.15) is 17.1 Å². The van der Waals surface area contributed by atoms with Gasteiger partial charge in [-0.25, -0.2) is 40.7 Å². The molecule has 0 aliphatic heterocycles. The maximum absolute atomic E-state index is 12.6. The fraction of sp³-hybridized carbons (Fsp3) is 0.408. The fourth-order valence-corrected chi connectivity index (χ4v) is 9.41. The number of nitrogens with zero attached hydrogens (tertiary/aromatic N) is 3. The minimum Gasteiger partial charge on any atom is -0.478 e. The molecule has 6 rings (SSSR count). The van der Waals surface area contributed by atoms with Crippen LogP contribution in [0.5, 0.6) is 0 Å². The van der Waals surface area contributed by atoms with E-state index in [1.165, 1.54) is 24.4 Å². The molecule has 0 radical (unpaired) electrons. The molecule has 24 nitrogen and oxygen atoms in total. The quantitative estimate of drug-likeness (QED) is 0.0212. The number of carbonyl (C=O) groups excluding carboxylic acids is 9. The molecule has 0 fully saturated rings. The first-order chi connectivity index (χ1) is 51.4. The molecule has 6 amide bonds. The van der Waals surface area contributed by atoms with Crippen LogP contribution in [0.2, 0.25) is 10.0 Å². The number of carbonyl (C=O) groups is 12. The Morgan fingerprint density at radius 1 is 0.357 bits per heavy atom. The van der Waals surface area contributed by atoms with Crippen molar-refractivity contribution in [3.8, 4) is 0 Å². The number of hydrogen-bond donors (Lipinski definition) is 9. The molecule has 0 spiro atoms. The highest BCUT2D eigenvalue weighted by Gasteiger charge is 2.27. The van der Waals surface area contributed by atoms with E-state index in [1.54, 1.807) is 84.9 Å². The number of halogens is 12. The second kappa shape index (κ2) is 46.1. The van der Waals surface area contributed by atoms with Crippen LogP contribution in [0.15, 0.2) is 95.9 Å². The van der Waals surface area contributed by atoms with Crippen molar-refractivity contribution in [2.75, 3.05) is 0 Å². The van der Waals surface area contributed by atoms with Gasteiger partial charge in [-0.1, -0.05) is 152 Å². The molecule has 0 bridgehead atoms. The van der Waals surface area contributed by atoms with E-state index in [1.807, 2.05) is 68.4 Å². The van der Waals surface area contributed by atoms with E-state index < -0.39 is 103 Å². The molecule has 3 aromatic carbocycles. The van der Waals surface area contributed by atoms with Gasteiger partial charge in [0.15, 0.2) is 0 Å². The zero-order valence-electron chi connectivity index (χ0n) is 63.9. The summed E-state index contributed by atoms with van der Waals surface area (Å²) in [6, 6.07) is 18.2. The normalized spacial score (nSPS) is 11.1. The monoisotopic (exact) mass is 1740 g/mol. The van der Waals surface area contributed by atoms with Gasteiger partial charge in [0, 0.05) is 101 Å². The van der Waals surface area contributed by atoms with Gasteiger partial charge in [0.2, 0.25) is 35.4 Å².